The van der Waals surface area contributed by atoms with E-state index in [0.717, 1.165) is 17.5 Å². The van der Waals surface area contributed by atoms with Gasteiger partial charge in [0.05, 0.1) is 29.8 Å². The summed E-state index contributed by atoms with van der Waals surface area (Å²) in [5.74, 6) is -2.71. The van der Waals surface area contributed by atoms with Gasteiger partial charge in [-0.3, -0.25) is 29.0 Å². The molecule has 0 spiro atoms. The number of fused-ring (bicyclic) bond motifs is 1. The number of carbonyl (C=O) groups excluding carboxylic acids is 5. The summed E-state index contributed by atoms with van der Waals surface area (Å²) in [6.07, 6.45) is 4.10. The number of Topliss-reactive ketones (excluding diaryl/α,β-unsaturated/α-hetero) is 1. The van der Waals surface area contributed by atoms with Crippen LogP contribution in [0.1, 0.15) is 81.4 Å². The summed E-state index contributed by atoms with van der Waals surface area (Å²) in [6.45, 7) is 4.49. The number of ketones is 1. The van der Waals surface area contributed by atoms with Crippen LogP contribution in [0.2, 0.25) is 0 Å². The van der Waals surface area contributed by atoms with Gasteiger partial charge in [0.15, 0.2) is 11.0 Å². The third-order valence-electron chi connectivity index (χ3n) is 7.78. The van der Waals surface area contributed by atoms with Gasteiger partial charge in [-0.1, -0.05) is 38.8 Å². The molecule has 45 heavy (non-hydrogen) atoms. The van der Waals surface area contributed by atoms with Gasteiger partial charge < -0.3 is 31.7 Å². The first kappa shape index (κ1) is 35.4. The van der Waals surface area contributed by atoms with E-state index in [1.807, 2.05) is 38.1 Å². The smallest absolute Gasteiger partial charge is 0.308 e. The predicted octanol–water partition coefficient (Wildman–Crippen LogP) is 2.27. The number of aromatic nitrogens is 1. The average Bonchev–Trinajstić information content (AvgIpc) is 3.69. The summed E-state index contributed by atoms with van der Waals surface area (Å²) >= 11 is 1.24. The molecule has 246 valence electrons. The lowest BCUT2D eigenvalue weighted by atomic mass is 9.96. The van der Waals surface area contributed by atoms with Crippen LogP contribution >= 0.6 is 11.3 Å². The van der Waals surface area contributed by atoms with Crippen LogP contribution in [-0.4, -0.2) is 83.6 Å². The summed E-state index contributed by atoms with van der Waals surface area (Å²) in [6, 6.07) is 4.37. The number of rotatable bonds is 17. The van der Waals surface area contributed by atoms with E-state index in [0.29, 0.717) is 37.6 Å². The van der Waals surface area contributed by atoms with E-state index in [1.54, 1.807) is 0 Å². The number of likely N-dealkylation sites (tertiary alicyclic amines) is 1. The maximum absolute atomic E-state index is 13.8. The Balaban J connectivity index is 1.80. The van der Waals surface area contributed by atoms with Crippen molar-refractivity contribution in [3.63, 3.8) is 0 Å². The van der Waals surface area contributed by atoms with Crippen molar-refractivity contribution in [2.24, 2.45) is 22.4 Å². The van der Waals surface area contributed by atoms with Crippen LogP contribution in [0.4, 0.5) is 0 Å². The molecule has 0 bridgehead atoms. The molecule has 1 fully saturated rings. The van der Waals surface area contributed by atoms with Gasteiger partial charge in [0.1, 0.15) is 12.1 Å². The van der Waals surface area contributed by atoms with Crippen LogP contribution in [0.15, 0.2) is 29.3 Å². The molecule has 2 heterocycles. The number of guanidine groups is 1. The van der Waals surface area contributed by atoms with Crippen molar-refractivity contribution in [3.05, 3.63) is 29.3 Å². The third-order valence-corrected chi connectivity index (χ3v) is 8.83. The molecule has 3 atom stereocenters. The first-order chi connectivity index (χ1) is 21.6. The van der Waals surface area contributed by atoms with E-state index in [-0.39, 0.29) is 54.5 Å². The number of esters is 1. The summed E-state index contributed by atoms with van der Waals surface area (Å²) < 4.78 is 5.65. The number of nitrogens with zero attached hydrogens (tertiary/aromatic N) is 3. The Morgan fingerprint density at radius 1 is 1.07 bits per heavy atom. The Bertz CT molecular complexity index is 1340. The number of hydrogen-bond donors (Lipinski definition) is 4. The van der Waals surface area contributed by atoms with Crippen LogP contribution in [0.3, 0.4) is 0 Å². The highest BCUT2D eigenvalue weighted by Gasteiger charge is 2.40. The number of thiazole rings is 1. The fraction of sp³-hybridized carbons (Fsp3) is 0.581. The highest BCUT2D eigenvalue weighted by molar-refractivity contribution is 7.20. The molecular weight excluding hydrogens is 598 g/mol. The predicted molar refractivity (Wildman–Crippen MR) is 172 cm³/mol. The van der Waals surface area contributed by atoms with Gasteiger partial charge in [-0.25, -0.2) is 4.98 Å². The minimum absolute atomic E-state index is 0.0718. The molecule has 1 aromatic heterocycles. The van der Waals surface area contributed by atoms with Gasteiger partial charge in [-0.2, -0.15) is 0 Å². The highest BCUT2D eigenvalue weighted by atomic mass is 32.1. The van der Waals surface area contributed by atoms with E-state index in [4.69, 9.17) is 16.2 Å². The number of benzene rings is 1. The lowest BCUT2D eigenvalue weighted by Crippen LogP contribution is -2.56. The van der Waals surface area contributed by atoms with E-state index in [2.05, 4.69) is 20.6 Å². The molecule has 2 aromatic rings. The van der Waals surface area contributed by atoms with E-state index >= 15 is 0 Å². The third kappa shape index (κ3) is 9.96. The zero-order valence-corrected chi connectivity index (χ0v) is 27.1. The van der Waals surface area contributed by atoms with Crippen LogP contribution < -0.4 is 22.1 Å². The molecule has 13 nitrogen and oxygen atoms in total. The number of nitrogens with one attached hydrogen (secondary N) is 2. The SMILES string of the molecule is CCCC(CCC)C(=O)NC(CC(=O)OC)C(=O)N1CCC[C@H]1C(=O)NC(CCCN=C(N)N)C(=O)c1nc2ccccc2s1. The molecule has 1 aliphatic heterocycles. The largest absolute Gasteiger partial charge is 0.469 e. The highest BCUT2D eigenvalue weighted by Crippen LogP contribution is 2.25. The fourth-order valence-corrected chi connectivity index (χ4v) is 6.47. The van der Waals surface area contributed by atoms with Crippen molar-refractivity contribution in [2.45, 2.75) is 89.8 Å². The van der Waals surface area contributed by atoms with Gasteiger partial charge in [0.25, 0.3) is 0 Å². The molecule has 0 radical (unpaired) electrons. The van der Waals surface area contributed by atoms with Crippen molar-refractivity contribution in [1.29, 1.82) is 0 Å². The number of ether oxygens (including phenoxy) is 1. The zero-order valence-electron chi connectivity index (χ0n) is 26.3. The molecular formula is C31H45N7O6S. The number of nitrogens with two attached hydrogens (primary N) is 2. The number of amides is 3. The number of methoxy groups -OCH3 is 1. The Labute approximate surface area is 267 Å². The Kier molecular flexibility index (Phi) is 13.7. The first-order valence-corrected chi connectivity index (χ1v) is 16.3. The van der Waals surface area contributed by atoms with Crippen molar-refractivity contribution >= 4 is 57.0 Å². The second-order valence-electron chi connectivity index (χ2n) is 11.2. The average molecular weight is 644 g/mol. The summed E-state index contributed by atoms with van der Waals surface area (Å²) in [4.78, 5) is 76.4. The lowest BCUT2D eigenvalue weighted by molar-refractivity contribution is -0.147. The summed E-state index contributed by atoms with van der Waals surface area (Å²) in [5.41, 5.74) is 11.6. The summed E-state index contributed by atoms with van der Waals surface area (Å²) in [7, 11) is 1.21. The molecule has 1 saturated heterocycles. The second kappa shape index (κ2) is 17.4. The van der Waals surface area contributed by atoms with Gasteiger partial charge >= 0.3 is 5.97 Å². The van der Waals surface area contributed by atoms with Crippen molar-refractivity contribution in [2.75, 3.05) is 20.2 Å². The standard InChI is InChI=1S/C31H45N7O6S/c1-4-10-19(11-5-2)27(41)36-22(18-25(39)44-3)30(43)38-17-9-14-23(38)28(42)35-21(13-8-16-34-31(32)33)26(40)29-37-20-12-6-7-15-24(20)45-29/h6-7,12,15,19,21-23H,4-5,8-11,13-14,16-18H2,1-3H3,(H,35,42)(H,36,41)(H4,32,33,34)/t21?,22?,23-/m0/s1. The molecule has 3 amide bonds. The normalized spacial score (nSPS) is 15.8. The molecule has 3 rings (SSSR count). The van der Waals surface area contributed by atoms with E-state index in [9.17, 15) is 24.0 Å². The number of para-hydroxylation sites is 1. The second-order valence-corrected chi connectivity index (χ2v) is 12.2. The molecule has 1 aromatic carbocycles. The molecule has 14 heteroatoms. The zero-order chi connectivity index (χ0) is 32.9. The number of aliphatic imine (C=N–C) groups is 1. The Hall–Kier alpha value is -4.07. The van der Waals surface area contributed by atoms with Gasteiger partial charge in [-0.15, -0.1) is 11.3 Å². The van der Waals surface area contributed by atoms with Crippen LogP contribution in [-0.2, 0) is 23.9 Å². The maximum atomic E-state index is 13.8. The number of carbonyl (C=O) groups is 5. The van der Waals surface area contributed by atoms with E-state index in [1.165, 1.54) is 23.3 Å². The Morgan fingerprint density at radius 3 is 2.42 bits per heavy atom. The Morgan fingerprint density at radius 2 is 1.78 bits per heavy atom. The quantitative estimate of drug-likeness (QED) is 0.0656. The lowest BCUT2D eigenvalue weighted by Gasteiger charge is -2.30. The number of hydrogen-bond acceptors (Lipinski definition) is 9. The van der Waals surface area contributed by atoms with Gasteiger partial charge in [0, 0.05) is 19.0 Å². The molecule has 2 unspecified atom stereocenters. The molecule has 0 aliphatic carbocycles. The van der Waals surface area contributed by atoms with Crippen LogP contribution in [0, 0.1) is 5.92 Å². The maximum Gasteiger partial charge on any atom is 0.308 e. The van der Waals surface area contributed by atoms with Crippen LogP contribution in [0.5, 0.6) is 0 Å². The van der Waals surface area contributed by atoms with Crippen molar-refractivity contribution in [1.82, 2.24) is 20.5 Å². The molecule has 6 N–H and O–H groups in total. The van der Waals surface area contributed by atoms with Gasteiger partial charge in [-0.05, 0) is 50.7 Å². The van der Waals surface area contributed by atoms with E-state index < -0.39 is 35.9 Å². The topological polar surface area (TPSA) is 199 Å². The molecule has 1 aliphatic rings. The fourth-order valence-electron chi connectivity index (χ4n) is 5.51. The van der Waals surface area contributed by atoms with Gasteiger partial charge in [0.2, 0.25) is 23.5 Å². The molecule has 0 saturated carbocycles. The van der Waals surface area contributed by atoms with Crippen LogP contribution in [0.25, 0.3) is 10.2 Å². The minimum atomic E-state index is -1.19. The van der Waals surface area contributed by atoms with Crippen molar-refractivity contribution in [3.8, 4) is 0 Å². The van der Waals surface area contributed by atoms with Crippen molar-refractivity contribution < 1.29 is 28.7 Å². The monoisotopic (exact) mass is 643 g/mol. The first-order valence-electron chi connectivity index (χ1n) is 15.5. The summed E-state index contributed by atoms with van der Waals surface area (Å²) in [5, 5.41) is 5.88. The minimum Gasteiger partial charge on any atom is -0.469 e.